The van der Waals surface area contributed by atoms with Gasteiger partial charge in [0.1, 0.15) is 0 Å². The molecule has 0 aliphatic heterocycles. The average Bonchev–Trinajstić information content (AvgIpc) is 2.52. The molecule has 0 amide bonds. The van der Waals surface area contributed by atoms with E-state index in [1.54, 1.807) is 11.3 Å². The molecule has 3 heteroatoms. The lowest BCUT2D eigenvalue weighted by Gasteiger charge is -2.04. The number of hydrogen-bond donors (Lipinski definition) is 1. The minimum absolute atomic E-state index is 0.0694. The predicted molar refractivity (Wildman–Crippen MR) is 47.4 cm³/mol. The molecule has 1 saturated carbocycles. The lowest BCUT2D eigenvalue weighted by atomic mass is 10.1. The van der Waals surface area contributed by atoms with Crippen LogP contribution in [0.1, 0.15) is 18.2 Å². The molecular formula is C9H10O2S. The number of carboxylic acids is 1. The summed E-state index contributed by atoms with van der Waals surface area (Å²) in [6.45, 7) is 2.03. The number of hydrogen-bond acceptors (Lipinski definition) is 2. The molecule has 0 saturated heterocycles. The van der Waals surface area contributed by atoms with Crippen molar-refractivity contribution in [1.82, 2.24) is 0 Å². The summed E-state index contributed by atoms with van der Waals surface area (Å²) >= 11 is 1.65. The van der Waals surface area contributed by atoms with Gasteiger partial charge >= 0.3 is 5.97 Å². The van der Waals surface area contributed by atoms with Gasteiger partial charge in [-0.1, -0.05) is 13.0 Å². The quantitative estimate of drug-likeness (QED) is 0.760. The van der Waals surface area contributed by atoms with E-state index in [9.17, 15) is 4.79 Å². The molecule has 0 spiro atoms. The minimum Gasteiger partial charge on any atom is -0.481 e. The molecule has 0 radical (unpaired) electrons. The van der Waals surface area contributed by atoms with Gasteiger partial charge in [0.2, 0.25) is 0 Å². The Morgan fingerprint density at radius 2 is 2.58 bits per heavy atom. The molecule has 1 aliphatic carbocycles. The Morgan fingerprint density at radius 3 is 3.00 bits per heavy atom. The van der Waals surface area contributed by atoms with E-state index in [4.69, 9.17) is 5.11 Å². The predicted octanol–water partition coefficient (Wildman–Crippen LogP) is 2.11. The van der Waals surface area contributed by atoms with Gasteiger partial charge in [-0.15, -0.1) is 11.3 Å². The van der Waals surface area contributed by atoms with Crippen molar-refractivity contribution >= 4 is 17.3 Å². The van der Waals surface area contributed by atoms with Crippen LogP contribution in [-0.4, -0.2) is 11.1 Å². The summed E-state index contributed by atoms with van der Waals surface area (Å²) in [5, 5.41) is 10.8. The molecule has 12 heavy (non-hydrogen) atoms. The Balaban J connectivity index is 2.23. The number of aliphatic carboxylic acids is 1. The van der Waals surface area contributed by atoms with Crippen LogP contribution >= 0.6 is 11.3 Å². The first-order valence-corrected chi connectivity index (χ1v) is 4.79. The van der Waals surface area contributed by atoms with Crippen LogP contribution in [0.5, 0.6) is 0 Å². The van der Waals surface area contributed by atoms with E-state index in [2.05, 4.69) is 0 Å². The molecule has 1 aromatic heterocycles. The van der Waals surface area contributed by atoms with Crippen molar-refractivity contribution < 1.29 is 9.90 Å². The largest absolute Gasteiger partial charge is 0.481 e. The second-order valence-electron chi connectivity index (χ2n) is 3.49. The third kappa shape index (κ3) is 0.966. The van der Waals surface area contributed by atoms with E-state index in [0.29, 0.717) is 0 Å². The van der Waals surface area contributed by atoms with Crippen molar-refractivity contribution in [2.75, 3.05) is 0 Å². The highest BCUT2D eigenvalue weighted by molar-refractivity contribution is 7.10. The Kier molecular flexibility index (Phi) is 1.51. The van der Waals surface area contributed by atoms with Crippen molar-refractivity contribution in [3.63, 3.8) is 0 Å². The molecule has 0 aromatic carbocycles. The van der Waals surface area contributed by atoms with Crippen LogP contribution in [0.2, 0.25) is 0 Å². The van der Waals surface area contributed by atoms with Gasteiger partial charge in [-0.25, -0.2) is 0 Å². The topological polar surface area (TPSA) is 37.3 Å². The maximum atomic E-state index is 10.7. The fourth-order valence-corrected chi connectivity index (χ4v) is 2.56. The van der Waals surface area contributed by atoms with Gasteiger partial charge in [0, 0.05) is 10.3 Å². The van der Waals surface area contributed by atoms with Crippen molar-refractivity contribution in [2.45, 2.75) is 18.8 Å². The van der Waals surface area contributed by atoms with Crippen LogP contribution in [0.15, 0.2) is 17.5 Å². The minimum atomic E-state index is -0.661. The second-order valence-corrected chi connectivity index (χ2v) is 4.44. The molecule has 2 unspecified atom stereocenters. The smallest absolute Gasteiger partial charge is 0.307 e. The van der Waals surface area contributed by atoms with Crippen LogP contribution in [0.25, 0.3) is 0 Å². The summed E-state index contributed by atoms with van der Waals surface area (Å²) in [5.41, 5.74) is -0.0694. The second kappa shape index (κ2) is 2.33. The van der Waals surface area contributed by atoms with Crippen molar-refractivity contribution in [3.05, 3.63) is 22.4 Å². The maximum absolute atomic E-state index is 10.7. The lowest BCUT2D eigenvalue weighted by molar-refractivity contribution is -0.138. The molecule has 2 nitrogen and oxygen atoms in total. The molecule has 2 atom stereocenters. The number of carboxylic acid groups (broad SMARTS) is 1. The lowest BCUT2D eigenvalue weighted by Crippen LogP contribution is -2.09. The fraction of sp³-hybridized carbons (Fsp3) is 0.444. The van der Waals surface area contributed by atoms with E-state index in [-0.39, 0.29) is 11.3 Å². The van der Waals surface area contributed by atoms with Crippen LogP contribution < -0.4 is 0 Å². The zero-order chi connectivity index (χ0) is 8.77. The van der Waals surface area contributed by atoms with Gasteiger partial charge in [-0.05, 0) is 17.9 Å². The van der Waals surface area contributed by atoms with Crippen LogP contribution in [0, 0.1) is 5.92 Å². The summed E-state index contributed by atoms with van der Waals surface area (Å²) in [6.07, 6.45) is 0.794. The highest BCUT2D eigenvalue weighted by atomic mass is 32.1. The van der Waals surface area contributed by atoms with Crippen molar-refractivity contribution in [1.29, 1.82) is 0 Å². The molecule has 1 heterocycles. The molecule has 2 rings (SSSR count). The zero-order valence-corrected chi connectivity index (χ0v) is 7.60. The van der Waals surface area contributed by atoms with E-state index < -0.39 is 5.97 Å². The van der Waals surface area contributed by atoms with E-state index >= 15 is 0 Å². The van der Waals surface area contributed by atoms with Gasteiger partial charge in [-0.3, -0.25) is 4.79 Å². The first-order valence-electron chi connectivity index (χ1n) is 3.91. The summed E-state index contributed by atoms with van der Waals surface area (Å²) in [7, 11) is 0. The van der Waals surface area contributed by atoms with E-state index in [0.717, 1.165) is 6.42 Å². The average molecular weight is 182 g/mol. The van der Waals surface area contributed by atoms with E-state index in [1.165, 1.54) is 4.88 Å². The van der Waals surface area contributed by atoms with Gasteiger partial charge in [0.05, 0.1) is 5.92 Å². The van der Waals surface area contributed by atoms with Crippen molar-refractivity contribution in [3.8, 4) is 0 Å². The summed E-state index contributed by atoms with van der Waals surface area (Å²) in [6, 6.07) is 4.00. The Bertz CT molecular complexity index is 304. The molecular weight excluding hydrogens is 172 g/mol. The SMILES string of the molecule is CC1(c2cccs2)CC1C(=O)O. The monoisotopic (exact) mass is 182 g/mol. The number of thiophene rings is 1. The van der Waals surface area contributed by atoms with Crippen LogP contribution in [0.4, 0.5) is 0 Å². The molecule has 1 fully saturated rings. The van der Waals surface area contributed by atoms with E-state index in [1.807, 2.05) is 24.4 Å². The first-order chi connectivity index (χ1) is 5.64. The van der Waals surface area contributed by atoms with Gasteiger partial charge in [0.15, 0.2) is 0 Å². The summed E-state index contributed by atoms with van der Waals surface area (Å²) in [5.74, 6) is -0.818. The highest BCUT2D eigenvalue weighted by Gasteiger charge is 2.56. The van der Waals surface area contributed by atoms with Gasteiger partial charge < -0.3 is 5.11 Å². The third-order valence-corrected chi connectivity index (χ3v) is 3.77. The number of rotatable bonds is 2. The fourth-order valence-electron chi connectivity index (χ4n) is 1.60. The standard InChI is InChI=1S/C9H10O2S/c1-9(5-6(9)8(10)11)7-3-2-4-12-7/h2-4,6H,5H2,1H3,(H,10,11). The molecule has 1 aliphatic rings. The van der Waals surface area contributed by atoms with Crippen LogP contribution in [0.3, 0.4) is 0 Å². The molecule has 0 bridgehead atoms. The molecule has 1 N–H and O–H groups in total. The zero-order valence-electron chi connectivity index (χ0n) is 6.78. The molecule has 64 valence electrons. The van der Waals surface area contributed by atoms with Crippen LogP contribution in [-0.2, 0) is 10.2 Å². The summed E-state index contributed by atoms with van der Waals surface area (Å²) < 4.78 is 0. The normalized spacial score (nSPS) is 33.2. The summed E-state index contributed by atoms with van der Waals surface area (Å²) in [4.78, 5) is 11.9. The first kappa shape index (κ1) is 7.80. The van der Waals surface area contributed by atoms with Gasteiger partial charge in [-0.2, -0.15) is 0 Å². The third-order valence-electron chi connectivity index (χ3n) is 2.62. The van der Waals surface area contributed by atoms with Gasteiger partial charge in [0.25, 0.3) is 0 Å². The molecule has 1 aromatic rings. The Hall–Kier alpha value is -0.830. The Morgan fingerprint density at radius 1 is 1.83 bits per heavy atom. The van der Waals surface area contributed by atoms with Crippen molar-refractivity contribution in [2.24, 2.45) is 5.92 Å². The maximum Gasteiger partial charge on any atom is 0.307 e. The number of carbonyl (C=O) groups is 1. The highest BCUT2D eigenvalue weighted by Crippen LogP contribution is 2.55. The Labute approximate surface area is 74.8 Å².